The normalized spacial score (nSPS) is 18.2. The molecule has 0 saturated heterocycles. The second kappa shape index (κ2) is 4.45. The predicted octanol–water partition coefficient (Wildman–Crippen LogP) is 2.69. The van der Waals surface area contributed by atoms with Gasteiger partial charge < -0.3 is 19.7 Å². The summed E-state index contributed by atoms with van der Waals surface area (Å²) in [6, 6.07) is 2.38. The number of benzene rings is 1. The van der Waals surface area contributed by atoms with Crippen molar-refractivity contribution in [2.75, 3.05) is 0 Å². The zero-order valence-electron chi connectivity index (χ0n) is 10.4. The van der Waals surface area contributed by atoms with Crippen LogP contribution in [0.5, 0.6) is 11.5 Å². The van der Waals surface area contributed by atoms with E-state index in [0.29, 0.717) is 12.0 Å². The van der Waals surface area contributed by atoms with Crippen molar-refractivity contribution >= 4 is 11.0 Å². The maximum absolute atomic E-state index is 12.4. The molecule has 1 aromatic heterocycles. The first kappa shape index (κ1) is 12.3. The molecular weight excluding hydrogens is 260 g/mol. The number of aliphatic hydroxyl groups is 1. The summed E-state index contributed by atoms with van der Waals surface area (Å²) < 4.78 is 5.33. The van der Waals surface area contributed by atoms with E-state index in [1.54, 1.807) is 12.2 Å². The minimum atomic E-state index is -0.340. The van der Waals surface area contributed by atoms with Crippen LogP contribution in [0.25, 0.3) is 11.0 Å². The van der Waals surface area contributed by atoms with Gasteiger partial charge in [0, 0.05) is 23.6 Å². The highest BCUT2D eigenvalue weighted by atomic mass is 16.3. The lowest BCUT2D eigenvalue weighted by Crippen LogP contribution is -2.13. The van der Waals surface area contributed by atoms with Gasteiger partial charge in [0.15, 0.2) is 5.43 Å². The third kappa shape index (κ3) is 1.93. The van der Waals surface area contributed by atoms with Gasteiger partial charge in [0.2, 0.25) is 0 Å². The zero-order valence-corrected chi connectivity index (χ0v) is 10.4. The van der Waals surface area contributed by atoms with Gasteiger partial charge in [0.05, 0.1) is 6.26 Å². The van der Waals surface area contributed by atoms with Crippen LogP contribution in [-0.2, 0) is 0 Å². The van der Waals surface area contributed by atoms with E-state index in [1.807, 2.05) is 0 Å². The smallest absolute Gasteiger partial charge is 0.200 e. The van der Waals surface area contributed by atoms with Gasteiger partial charge in [-0.25, -0.2) is 0 Å². The number of fused-ring (bicyclic) bond motifs is 1. The average molecular weight is 272 g/mol. The zero-order chi connectivity index (χ0) is 14.3. The Morgan fingerprint density at radius 2 is 2.00 bits per heavy atom. The molecule has 3 N–H and O–H groups in total. The van der Waals surface area contributed by atoms with E-state index in [1.165, 1.54) is 18.4 Å². The summed E-state index contributed by atoms with van der Waals surface area (Å²) in [5.41, 5.74) is 0.195. The number of hydrogen-bond donors (Lipinski definition) is 3. The van der Waals surface area contributed by atoms with Crippen LogP contribution >= 0.6 is 0 Å². The molecule has 1 unspecified atom stereocenters. The van der Waals surface area contributed by atoms with Gasteiger partial charge >= 0.3 is 0 Å². The van der Waals surface area contributed by atoms with Crippen LogP contribution in [0.1, 0.15) is 17.9 Å². The van der Waals surface area contributed by atoms with Gasteiger partial charge in [-0.2, -0.15) is 0 Å². The van der Waals surface area contributed by atoms with E-state index < -0.39 is 0 Å². The highest BCUT2D eigenvalue weighted by Crippen LogP contribution is 2.30. The third-order valence-corrected chi connectivity index (χ3v) is 3.35. The first-order valence-corrected chi connectivity index (χ1v) is 6.11. The Kier molecular flexibility index (Phi) is 2.75. The van der Waals surface area contributed by atoms with E-state index >= 15 is 0 Å². The van der Waals surface area contributed by atoms with Gasteiger partial charge in [-0.1, -0.05) is 6.08 Å². The van der Waals surface area contributed by atoms with Crippen LogP contribution < -0.4 is 5.43 Å². The molecule has 1 aromatic carbocycles. The fraction of sp³-hybridized carbons (Fsp3) is 0.133. The number of rotatable bonds is 1. The fourth-order valence-electron chi connectivity index (χ4n) is 2.33. The second-order valence-electron chi connectivity index (χ2n) is 4.69. The summed E-state index contributed by atoms with van der Waals surface area (Å²) in [6.45, 7) is 0. The molecule has 0 saturated carbocycles. The van der Waals surface area contributed by atoms with Gasteiger partial charge in [-0.05, 0) is 18.6 Å². The predicted molar refractivity (Wildman–Crippen MR) is 73.0 cm³/mol. The lowest BCUT2D eigenvalue weighted by molar-refractivity contribution is 0.424. The van der Waals surface area contributed by atoms with Gasteiger partial charge in [-0.15, -0.1) is 0 Å². The molecule has 1 atom stereocenters. The molecule has 0 amide bonds. The quantitative estimate of drug-likeness (QED) is 0.742. The van der Waals surface area contributed by atoms with Crippen molar-refractivity contribution in [3.8, 4) is 11.5 Å². The molecule has 0 aliphatic heterocycles. The van der Waals surface area contributed by atoms with Crippen LogP contribution in [0.15, 0.2) is 51.6 Å². The van der Waals surface area contributed by atoms with Crippen LogP contribution in [-0.4, -0.2) is 15.3 Å². The number of hydrogen-bond acceptors (Lipinski definition) is 5. The number of aliphatic hydroxyl groups excluding tert-OH is 1. The van der Waals surface area contributed by atoms with Gasteiger partial charge in [0.25, 0.3) is 0 Å². The topological polar surface area (TPSA) is 90.9 Å². The highest BCUT2D eigenvalue weighted by Gasteiger charge is 2.19. The van der Waals surface area contributed by atoms with Crippen molar-refractivity contribution in [1.82, 2.24) is 0 Å². The van der Waals surface area contributed by atoms with Crippen molar-refractivity contribution < 1.29 is 19.7 Å². The van der Waals surface area contributed by atoms with Crippen LogP contribution in [0.2, 0.25) is 0 Å². The first-order valence-electron chi connectivity index (χ1n) is 6.11. The van der Waals surface area contributed by atoms with Gasteiger partial charge in [0.1, 0.15) is 28.2 Å². The highest BCUT2D eigenvalue weighted by molar-refractivity contribution is 5.85. The van der Waals surface area contributed by atoms with Crippen molar-refractivity contribution in [2.45, 2.75) is 12.3 Å². The van der Waals surface area contributed by atoms with E-state index in [2.05, 4.69) is 0 Å². The fourth-order valence-corrected chi connectivity index (χ4v) is 2.33. The summed E-state index contributed by atoms with van der Waals surface area (Å²) in [5.74, 6) is -0.524. The lowest BCUT2D eigenvalue weighted by atomic mass is 9.92. The second-order valence-corrected chi connectivity index (χ2v) is 4.69. The molecule has 102 valence electrons. The van der Waals surface area contributed by atoms with E-state index in [4.69, 9.17) is 4.42 Å². The molecule has 0 fully saturated rings. The summed E-state index contributed by atoms with van der Waals surface area (Å²) in [6.07, 6.45) is 6.66. The Hall–Kier alpha value is -2.69. The maximum Gasteiger partial charge on any atom is 0.200 e. The molecule has 3 rings (SSSR count). The van der Waals surface area contributed by atoms with E-state index in [0.717, 1.165) is 6.07 Å². The number of allylic oxidation sites excluding steroid dienone is 3. The molecule has 1 aliphatic rings. The molecule has 0 radical (unpaired) electrons. The van der Waals surface area contributed by atoms with Gasteiger partial charge in [-0.3, -0.25) is 4.79 Å². The molecule has 0 spiro atoms. The molecule has 5 nitrogen and oxygen atoms in total. The molecule has 20 heavy (non-hydrogen) atoms. The number of phenolic OH excluding ortho intramolecular Hbond substituents is 2. The molecular formula is C15H12O5. The summed E-state index contributed by atoms with van der Waals surface area (Å²) in [5, 5.41) is 28.5. The lowest BCUT2D eigenvalue weighted by Gasteiger charge is -2.14. The van der Waals surface area contributed by atoms with E-state index in [9.17, 15) is 20.1 Å². The van der Waals surface area contributed by atoms with Crippen molar-refractivity contribution in [3.05, 3.63) is 58.2 Å². The SMILES string of the molecule is O=c1c(C2C=CC(O)=CC2)coc2cc(O)cc(O)c12. The standard InChI is InChI=1S/C15H12O5/c16-9-3-1-8(2-4-9)11-7-20-13-6-10(17)5-12(18)14(13)15(11)19/h1,3-8,16-18H,2H2. The monoisotopic (exact) mass is 272 g/mol. The van der Waals surface area contributed by atoms with Crippen molar-refractivity contribution in [3.63, 3.8) is 0 Å². The largest absolute Gasteiger partial charge is 0.508 e. The Labute approximate surface area is 113 Å². The Morgan fingerprint density at radius 3 is 2.70 bits per heavy atom. The summed E-state index contributed by atoms with van der Waals surface area (Å²) >= 11 is 0. The minimum Gasteiger partial charge on any atom is -0.508 e. The summed E-state index contributed by atoms with van der Waals surface area (Å²) in [7, 11) is 0. The number of phenols is 2. The third-order valence-electron chi connectivity index (χ3n) is 3.35. The molecule has 5 heteroatoms. The Balaban J connectivity index is 2.18. The summed E-state index contributed by atoms with van der Waals surface area (Å²) in [4.78, 5) is 12.4. The van der Waals surface area contributed by atoms with Crippen molar-refractivity contribution in [1.29, 1.82) is 0 Å². The van der Waals surface area contributed by atoms with Crippen LogP contribution in [0.3, 0.4) is 0 Å². The Morgan fingerprint density at radius 1 is 1.20 bits per heavy atom. The van der Waals surface area contributed by atoms with Crippen molar-refractivity contribution in [2.24, 2.45) is 0 Å². The Bertz CT molecular complexity index is 798. The number of aromatic hydroxyl groups is 2. The van der Waals surface area contributed by atoms with Crippen LogP contribution in [0.4, 0.5) is 0 Å². The maximum atomic E-state index is 12.4. The molecule has 0 bridgehead atoms. The molecule has 1 aliphatic carbocycles. The van der Waals surface area contributed by atoms with E-state index in [-0.39, 0.29) is 39.6 Å². The molecule has 2 aromatic rings. The van der Waals surface area contributed by atoms with Crippen LogP contribution in [0, 0.1) is 0 Å². The molecule has 1 heterocycles. The average Bonchev–Trinajstić information content (AvgIpc) is 2.39. The first-order chi connectivity index (χ1) is 9.56. The minimum absolute atomic E-state index is 0.0486.